The monoisotopic (exact) mass is 215 g/mol. The maximum atomic E-state index is 11.2. The van der Waals surface area contributed by atoms with Gasteiger partial charge in [-0.1, -0.05) is 0 Å². The molecule has 0 aliphatic rings. The third-order valence-electron chi connectivity index (χ3n) is 2.15. The maximum Gasteiger partial charge on any atom is 0.337 e. The Morgan fingerprint density at radius 3 is 2.94 bits per heavy atom. The lowest BCUT2D eigenvalue weighted by Gasteiger charge is -2.03. The lowest BCUT2D eigenvalue weighted by Crippen LogP contribution is -1.99. The molecule has 0 amide bonds. The Morgan fingerprint density at radius 2 is 2.25 bits per heavy atom. The molecule has 1 heterocycles. The minimum absolute atomic E-state index is 0.314. The van der Waals surface area contributed by atoms with E-state index in [2.05, 4.69) is 0 Å². The molecule has 0 saturated carbocycles. The van der Waals surface area contributed by atoms with Crippen LogP contribution in [0.4, 0.5) is 0 Å². The van der Waals surface area contributed by atoms with Crippen molar-refractivity contribution in [2.45, 2.75) is 6.92 Å². The molecule has 0 fully saturated rings. The van der Waals surface area contributed by atoms with Crippen LogP contribution in [0.1, 0.15) is 12.5 Å². The fourth-order valence-electron chi connectivity index (χ4n) is 1.49. The quantitative estimate of drug-likeness (QED) is 0.719. The van der Waals surface area contributed by atoms with Crippen molar-refractivity contribution in [3.8, 4) is 11.8 Å². The van der Waals surface area contributed by atoms with Crippen LogP contribution in [0.25, 0.3) is 11.0 Å². The van der Waals surface area contributed by atoms with Crippen molar-refractivity contribution in [1.29, 1.82) is 5.26 Å². The number of fused-ring (bicyclic) bond motifs is 1. The Kier molecular flexibility index (Phi) is 2.61. The van der Waals surface area contributed by atoms with Crippen LogP contribution in [0.15, 0.2) is 33.5 Å². The summed E-state index contributed by atoms with van der Waals surface area (Å²) in [5, 5.41) is 9.49. The van der Waals surface area contributed by atoms with Crippen LogP contribution in [0.3, 0.4) is 0 Å². The Hall–Kier alpha value is -2.28. The van der Waals surface area contributed by atoms with Gasteiger partial charge in [0.2, 0.25) is 0 Å². The van der Waals surface area contributed by atoms with Crippen LogP contribution in [-0.4, -0.2) is 6.61 Å². The van der Waals surface area contributed by atoms with Crippen molar-refractivity contribution in [1.82, 2.24) is 0 Å². The molecule has 80 valence electrons. The average Bonchev–Trinajstić information content (AvgIpc) is 2.27. The van der Waals surface area contributed by atoms with E-state index < -0.39 is 5.63 Å². The van der Waals surface area contributed by atoms with E-state index in [1.54, 1.807) is 18.2 Å². The SMILES string of the molecule is CCOc1ccc2c(C#N)cc(=O)oc2c1. The lowest BCUT2D eigenvalue weighted by atomic mass is 10.1. The number of nitrogens with zero attached hydrogens (tertiary/aromatic N) is 1. The molecule has 4 nitrogen and oxygen atoms in total. The fraction of sp³-hybridized carbons (Fsp3) is 0.167. The van der Waals surface area contributed by atoms with Gasteiger partial charge in [0.25, 0.3) is 0 Å². The summed E-state index contributed by atoms with van der Waals surface area (Å²) in [6.45, 7) is 2.40. The fourth-order valence-corrected chi connectivity index (χ4v) is 1.49. The molecule has 0 aliphatic carbocycles. The molecule has 4 heteroatoms. The van der Waals surface area contributed by atoms with Crippen molar-refractivity contribution in [2.24, 2.45) is 0 Å². The number of hydrogen-bond acceptors (Lipinski definition) is 4. The second-order valence-electron chi connectivity index (χ2n) is 3.18. The summed E-state index contributed by atoms with van der Waals surface area (Å²) in [5.74, 6) is 0.619. The zero-order valence-electron chi connectivity index (χ0n) is 8.69. The van der Waals surface area contributed by atoms with Crippen LogP contribution in [-0.2, 0) is 0 Å². The summed E-state index contributed by atoms with van der Waals surface area (Å²) >= 11 is 0. The predicted molar refractivity (Wildman–Crippen MR) is 58.4 cm³/mol. The van der Waals surface area contributed by atoms with Gasteiger partial charge in [0.15, 0.2) is 0 Å². The van der Waals surface area contributed by atoms with E-state index in [-0.39, 0.29) is 0 Å². The van der Waals surface area contributed by atoms with E-state index in [0.717, 1.165) is 0 Å². The van der Waals surface area contributed by atoms with Gasteiger partial charge >= 0.3 is 5.63 Å². The van der Waals surface area contributed by atoms with Gasteiger partial charge in [-0.15, -0.1) is 0 Å². The topological polar surface area (TPSA) is 63.2 Å². The zero-order valence-corrected chi connectivity index (χ0v) is 8.69. The minimum atomic E-state index is -0.530. The van der Waals surface area contributed by atoms with E-state index >= 15 is 0 Å². The highest BCUT2D eigenvalue weighted by Crippen LogP contribution is 2.22. The van der Waals surface area contributed by atoms with Crippen LogP contribution in [0, 0.1) is 11.3 Å². The molecule has 1 aromatic heterocycles. The lowest BCUT2D eigenvalue weighted by molar-refractivity contribution is 0.340. The van der Waals surface area contributed by atoms with E-state index in [4.69, 9.17) is 14.4 Å². The first-order valence-electron chi connectivity index (χ1n) is 4.85. The van der Waals surface area contributed by atoms with Gasteiger partial charge in [-0.2, -0.15) is 5.26 Å². The van der Waals surface area contributed by atoms with E-state index in [1.165, 1.54) is 6.07 Å². The smallest absolute Gasteiger partial charge is 0.337 e. The summed E-state index contributed by atoms with van der Waals surface area (Å²) in [4.78, 5) is 11.2. The van der Waals surface area contributed by atoms with Gasteiger partial charge in [0, 0.05) is 17.5 Å². The summed E-state index contributed by atoms with van der Waals surface area (Å²) < 4.78 is 10.3. The summed E-state index contributed by atoms with van der Waals surface area (Å²) in [6.07, 6.45) is 0. The van der Waals surface area contributed by atoms with Crippen LogP contribution in [0.5, 0.6) is 5.75 Å². The van der Waals surface area contributed by atoms with E-state index in [0.29, 0.717) is 28.9 Å². The first-order chi connectivity index (χ1) is 7.74. The Bertz CT molecular complexity index is 622. The first kappa shape index (κ1) is 10.2. The maximum absolute atomic E-state index is 11.2. The van der Waals surface area contributed by atoms with E-state index in [1.807, 2.05) is 13.0 Å². The number of rotatable bonds is 2. The highest BCUT2D eigenvalue weighted by Gasteiger charge is 2.06. The van der Waals surface area contributed by atoms with Gasteiger partial charge in [-0.25, -0.2) is 4.79 Å². The molecule has 0 aliphatic heterocycles. The average molecular weight is 215 g/mol. The summed E-state index contributed by atoms with van der Waals surface area (Å²) in [5.41, 5.74) is 0.155. The molecule has 0 saturated heterocycles. The second-order valence-corrected chi connectivity index (χ2v) is 3.18. The van der Waals surface area contributed by atoms with Crippen molar-refractivity contribution in [3.63, 3.8) is 0 Å². The number of benzene rings is 1. The Labute approximate surface area is 91.7 Å². The molecular weight excluding hydrogens is 206 g/mol. The van der Waals surface area contributed by atoms with Crippen LogP contribution < -0.4 is 10.4 Å². The highest BCUT2D eigenvalue weighted by atomic mass is 16.5. The van der Waals surface area contributed by atoms with Crippen LogP contribution in [0.2, 0.25) is 0 Å². The van der Waals surface area contributed by atoms with Gasteiger partial charge in [0.1, 0.15) is 17.4 Å². The van der Waals surface area contributed by atoms with Gasteiger partial charge < -0.3 is 9.15 Å². The molecule has 2 aromatic rings. The Morgan fingerprint density at radius 1 is 1.44 bits per heavy atom. The molecule has 0 radical (unpaired) electrons. The highest BCUT2D eigenvalue weighted by molar-refractivity contribution is 5.83. The largest absolute Gasteiger partial charge is 0.494 e. The van der Waals surface area contributed by atoms with E-state index in [9.17, 15) is 4.79 Å². The van der Waals surface area contributed by atoms with Crippen molar-refractivity contribution >= 4 is 11.0 Å². The van der Waals surface area contributed by atoms with Gasteiger partial charge in [-0.05, 0) is 19.1 Å². The standard InChI is InChI=1S/C12H9NO3/c1-2-15-9-3-4-10-8(7-13)5-12(14)16-11(10)6-9/h3-6H,2H2,1H3. The van der Waals surface area contributed by atoms with Gasteiger partial charge in [0.05, 0.1) is 12.2 Å². The van der Waals surface area contributed by atoms with Gasteiger partial charge in [-0.3, -0.25) is 0 Å². The van der Waals surface area contributed by atoms with Crippen molar-refractivity contribution in [3.05, 3.63) is 40.2 Å². The molecule has 0 spiro atoms. The third-order valence-corrected chi connectivity index (χ3v) is 2.15. The summed E-state index contributed by atoms with van der Waals surface area (Å²) in [6, 6.07) is 8.21. The number of nitriles is 1. The minimum Gasteiger partial charge on any atom is -0.494 e. The number of hydrogen-bond donors (Lipinski definition) is 0. The predicted octanol–water partition coefficient (Wildman–Crippen LogP) is 2.06. The molecule has 16 heavy (non-hydrogen) atoms. The van der Waals surface area contributed by atoms with Crippen molar-refractivity contribution < 1.29 is 9.15 Å². The molecule has 2 rings (SSSR count). The zero-order chi connectivity index (χ0) is 11.5. The molecule has 0 unspecified atom stereocenters. The molecule has 0 N–H and O–H groups in total. The number of ether oxygens (including phenoxy) is 1. The van der Waals surface area contributed by atoms with Crippen molar-refractivity contribution in [2.75, 3.05) is 6.61 Å². The molecular formula is C12H9NO3. The molecule has 0 atom stereocenters. The Balaban J connectivity index is 2.70. The van der Waals surface area contributed by atoms with Crippen LogP contribution >= 0.6 is 0 Å². The first-order valence-corrected chi connectivity index (χ1v) is 4.85. The third kappa shape index (κ3) is 1.75. The molecule has 0 bridgehead atoms. The normalized spacial score (nSPS) is 10.0. The second kappa shape index (κ2) is 4.07. The molecule has 1 aromatic carbocycles. The summed E-state index contributed by atoms with van der Waals surface area (Å²) in [7, 11) is 0.